The van der Waals surface area contributed by atoms with E-state index in [1.165, 1.54) is 0 Å². The molecule has 0 saturated carbocycles. The second-order valence-electron chi connectivity index (χ2n) is 2.10. The van der Waals surface area contributed by atoms with Crippen molar-refractivity contribution in [3.8, 4) is 5.75 Å². The van der Waals surface area contributed by atoms with E-state index in [1.54, 1.807) is 6.20 Å². The molecule has 1 aromatic heterocycles. The Morgan fingerprint density at radius 3 is 3.00 bits per heavy atom. The van der Waals surface area contributed by atoms with E-state index in [1.807, 2.05) is 12.1 Å². The number of halogens is 2. The van der Waals surface area contributed by atoms with E-state index in [0.29, 0.717) is 11.2 Å². The highest BCUT2D eigenvalue weighted by atomic mass is 79.9. The van der Waals surface area contributed by atoms with E-state index < -0.39 is 0 Å². The first kappa shape index (κ1) is 9.74. The van der Waals surface area contributed by atoms with E-state index in [2.05, 4.69) is 43.4 Å². The second kappa shape index (κ2) is 4.62. The van der Waals surface area contributed by atoms with E-state index in [0.717, 1.165) is 10.2 Å². The molecule has 0 amide bonds. The van der Waals surface area contributed by atoms with Crippen molar-refractivity contribution < 1.29 is 4.74 Å². The number of rotatable bonds is 3. The smallest absolute Gasteiger partial charge is 0.152 e. The lowest BCUT2D eigenvalue weighted by atomic mass is 10.5. The number of hydrogen-bond donors (Lipinski definition) is 0. The molecule has 0 aromatic carbocycles. The van der Waals surface area contributed by atoms with Gasteiger partial charge in [-0.2, -0.15) is 0 Å². The fourth-order valence-corrected chi connectivity index (χ4v) is 1.11. The highest BCUT2D eigenvalue weighted by Gasteiger charge is 1.99. The minimum atomic E-state index is 0.449. The molecule has 0 N–H and O–H groups in total. The third kappa shape index (κ3) is 2.95. The molecule has 0 bridgehead atoms. The van der Waals surface area contributed by atoms with Gasteiger partial charge in [-0.15, -0.1) is 0 Å². The minimum absolute atomic E-state index is 0.449. The first-order valence-electron chi connectivity index (χ1n) is 3.27. The zero-order valence-corrected chi connectivity index (χ0v) is 9.43. The van der Waals surface area contributed by atoms with Crippen LogP contribution in [0.25, 0.3) is 0 Å². The molecule has 0 unspecified atom stereocenters. The fourth-order valence-electron chi connectivity index (χ4n) is 0.635. The Balaban J connectivity index is 2.63. The van der Waals surface area contributed by atoms with Crippen LogP contribution in [0.2, 0.25) is 0 Å². The summed E-state index contributed by atoms with van der Waals surface area (Å²) in [5.74, 6) is 0.720. The minimum Gasteiger partial charge on any atom is -0.486 e. The lowest BCUT2D eigenvalue weighted by Crippen LogP contribution is -1.97. The molecule has 0 spiro atoms. The fraction of sp³-hybridized carbons (Fsp3) is 0.125. The van der Waals surface area contributed by atoms with Crippen LogP contribution in [0.5, 0.6) is 5.75 Å². The number of pyridine rings is 1. The highest BCUT2D eigenvalue weighted by Crippen LogP contribution is 2.21. The second-order valence-corrected chi connectivity index (χ2v) is 3.97. The maximum absolute atomic E-state index is 5.34. The Labute approximate surface area is 87.9 Å². The number of hydrogen-bond acceptors (Lipinski definition) is 2. The van der Waals surface area contributed by atoms with Gasteiger partial charge < -0.3 is 4.74 Å². The molecule has 0 atom stereocenters. The van der Waals surface area contributed by atoms with Gasteiger partial charge in [-0.25, -0.2) is 4.98 Å². The van der Waals surface area contributed by atoms with Gasteiger partial charge in [0.15, 0.2) is 5.75 Å². The van der Waals surface area contributed by atoms with Crippen molar-refractivity contribution in [2.45, 2.75) is 0 Å². The van der Waals surface area contributed by atoms with Crippen molar-refractivity contribution in [2.75, 3.05) is 6.61 Å². The predicted octanol–water partition coefficient (Wildman–Crippen LogP) is 3.13. The van der Waals surface area contributed by atoms with Crippen LogP contribution >= 0.6 is 31.9 Å². The molecule has 0 aliphatic heterocycles. The first-order chi connectivity index (χ1) is 5.70. The molecular formula is C8H7Br2NO. The molecular weight excluding hydrogens is 286 g/mol. The van der Waals surface area contributed by atoms with Gasteiger partial charge in [0.1, 0.15) is 11.2 Å². The van der Waals surface area contributed by atoms with Gasteiger partial charge >= 0.3 is 0 Å². The van der Waals surface area contributed by atoms with Crippen LogP contribution in [0.1, 0.15) is 0 Å². The SMILES string of the molecule is C=C(Br)COc1cccnc1Br. The Hall–Kier alpha value is -0.350. The third-order valence-corrected chi connectivity index (χ3v) is 1.93. The molecule has 2 nitrogen and oxygen atoms in total. The van der Waals surface area contributed by atoms with Gasteiger partial charge in [0.05, 0.1) is 0 Å². The molecule has 0 saturated heterocycles. The molecule has 12 heavy (non-hydrogen) atoms. The van der Waals surface area contributed by atoms with E-state index in [9.17, 15) is 0 Å². The van der Waals surface area contributed by atoms with Crippen LogP contribution in [-0.4, -0.2) is 11.6 Å². The summed E-state index contributed by atoms with van der Waals surface area (Å²) in [5.41, 5.74) is 0. The van der Waals surface area contributed by atoms with Gasteiger partial charge in [0.25, 0.3) is 0 Å². The molecule has 1 rings (SSSR count). The summed E-state index contributed by atoms with van der Waals surface area (Å²) in [4.78, 5) is 4.00. The monoisotopic (exact) mass is 291 g/mol. The zero-order valence-electron chi connectivity index (χ0n) is 6.26. The molecule has 0 aliphatic rings. The Morgan fingerprint density at radius 1 is 1.67 bits per heavy atom. The number of ether oxygens (including phenoxy) is 1. The van der Waals surface area contributed by atoms with E-state index >= 15 is 0 Å². The average Bonchev–Trinajstić information content (AvgIpc) is 2.03. The Morgan fingerprint density at radius 2 is 2.42 bits per heavy atom. The maximum Gasteiger partial charge on any atom is 0.152 e. The summed E-state index contributed by atoms with van der Waals surface area (Å²) < 4.78 is 6.85. The molecule has 1 aromatic rings. The van der Waals surface area contributed by atoms with Crippen molar-refractivity contribution in [1.29, 1.82) is 0 Å². The van der Waals surface area contributed by atoms with Crippen LogP contribution in [0, 0.1) is 0 Å². The largest absolute Gasteiger partial charge is 0.486 e. The van der Waals surface area contributed by atoms with Gasteiger partial charge in [0, 0.05) is 10.7 Å². The topological polar surface area (TPSA) is 22.1 Å². The lowest BCUT2D eigenvalue weighted by molar-refractivity contribution is 0.357. The van der Waals surface area contributed by atoms with E-state index in [4.69, 9.17) is 4.74 Å². The van der Waals surface area contributed by atoms with Crippen LogP contribution < -0.4 is 4.74 Å². The molecule has 0 aliphatic carbocycles. The van der Waals surface area contributed by atoms with Gasteiger partial charge in [-0.05, 0) is 28.1 Å². The van der Waals surface area contributed by atoms with Crippen LogP contribution in [0.4, 0.5) is 0 Å². The molecule has 1 heterocycles. The average molecular weight is 293 g/mol. The van der Waals surface area contributed by atoms with Crippen molar-refractivity contribution in [1.82, 2.24) is 4.98 Å². The molecule has 4 heteroatoms. The van der Waals surface area contributed by atoms with Crippen molar-refractivity contribution in [2.24, 2.45) is 0 Å². The van der Waals surface area contributed by atoms with Crippen LogP contribution in [-0.2, 0) is 0 Å². The summed E-state index contributed by atoms with van der Waals surface area (Å²) in [7, 11) is 0. The Bertz CT molecular complexity index is 288. The van der Waals surface area contributed by atoms with Crippen molar-refractivity contribution in [3.05, 3.63) is 34.0 Å². The van der Waals surface area contributed by atoms with Crippen LogP contribution in [0.15, 0.2) is 34.0 Å². The van der Waals surface area contributed by atoms with Crippen molar-refractivity contribution in [3.63, 3.8) is 0 Å². The predicted molar refractivity (Wildman–Crippen MR) is 55.5 cm³/mol. The number of nitrogens with zero attached hydrogens (tertiary/aromatic N) is 1. The molecule has 64 valence electrons. The van der Waals surface area contributed by atoms with E-state index in [-0.39, 0.29) is 0 Å². The summed E-state index contributed by atoms with van der Waals surface area (Å²) in [6.45, 7) is 4.10. The third-order valence-electron chi connectivity index (χ3n) is 1.11. The zero-order chi connectivity index (χ0) is 8.97. The normalized spacial score (nSPS) is 9.50. The van der Waals surface area contributed by atoms with Gasteiger partial charge in [0.2, 0.25) is 0 Å². The van der Waals surface area contributed by atoms with Crippen molar-refractivity contribution >= 4 is 31.9 Å². The lowest BCUT2D eigenvalue weighted by Gasteiger charge is -2.04. The first-order valence-corrected chi connectivity index (χ1v) is 4.85. The summed E-state index contributed by atoms with van der Waals surface area (Å²) in [6, 6.07) is 3.66. The molecule has 0 fully saturated rings. The Kier molecular flexibility index (Phi) is 3.75. The summed E-state index contributed by atoms with van der Waals surface area (Å²) >= 11 is 6.47. The summed E-state index contributed by atoms with van der Waals surface area (Å²) in [5, 5.41) is 0. The van der Waals surface area contributed by atoms with Crippen LogP contribution in [0.3, 0.4) is 0 Å². The van der Waals surface area contributed by atoms with Gasteiger partial charge in [-0.3, -0.25) is 0 Å². The standard InChI is InChI=1S/C8H7Br2NO/c1-6(9)5-12-7-3-2-4-11-8(7)10/h2-4H,1,5H2. The summed E-state index contributed by atoms with van der Waals surface area (Å²) in [6.07, 6.45) is 1.69. The highest BCUT2D eigenvalue weighted by molar-refractivity contribution is 9.11. The molecule has 0 radical (unpaired) electrons. The quantitative estimate of drug-likeness (QED) is 0.799. The van der Waals surface area contributed by atoms with Gasteiger partial charge in [-0.1, -0.05) is 22.5 Å². The maximum atomic E-state index is 5.34. The number of aromatic nitrogens is 1.